The first-order valence-electron chi connectivity index (χ1n) is 6.23. The van der Waals surface area contributed by atoms with Crippen LogP contribution in [0.1, 0.15) is 36.9 Å². The van der Waals surface area contributed by atoms with Crippen LogP contribution >= 0.6 is 22.7 Å². The van der Waals surface area contributed by atoms with Gasteiger partial charge < -0.3 is 0 Å². The first kappa shape index (κ1) is 12.6. The topological polar surface area (TPSA) is 32.7 Å². The fraction of sp³-hybridized carbons (Fsp3) is 0.286. The summed E-state index contributed by atoms with van der Waals surface area (Å²) in [5.41, 5.74) is 3.33. The van der Waals surface area contributed by atoms with Crippen LogP contribution in [0.5, 0.6) is 0 Å². The molecule has 1 atom stereocenters. The molecule has 3 heterocycles. The summed E-state index contributed by atoms with van der Waals surface area (Å²) in [5.74, 6) is 0.0847. The monoisotopic (exact) mass is 290 g/mol. The summed E-state index contributed by atoms with van der Waals surface area (Å²) in [6, 6.07) is 4.21. The van der Waals surface area contributed by atoms with Crippen LogP contribution in [0.25, 0.3) is 0 Å². The summed E-state index contributed by atoms with van der Waals surface area (Å²) in [7, 11) is 0. The van der Waals surface area contributed by atoms with Gasteiger partial charge in [0.15, 0.2) is 0 Å². The van der Waals surface area contributed by atoms with Gasteiger partial charge in [-0.1, -0.05) is 6.92 Å². The molecule has 2 aromatic heterocycles. The van der Waals surface area contributed by atoms with E-state index in [1.54, 1.807) is 27.7 Å². The van der Waals surface area contributed by atoms with Crippen LogP contribution in [0.2, 0.25) is 0 Å². The largest absolute Gasteiger partial charge is 0.273 e. The summed E-state index contributed by atoms with van der Waals surface area (Å²) < 4.78 is 0. The molecule has 0 spiro atoms. The standard InChI is InChI=1S/C14H14N2OS2/c1-2-14(17)16-13(11-4-6-19-9-11)7-12(15-16)10-3-5-18-8-10/h3-6,8-9,13H,2,7H2,1H3/t13-/m0/s1. The van der Waals surface area contributed by atoms with Gasteiger partial charge in [-0.25, -0.2) is 5.01 Å². The van der Waals surface area contributed by atoms with Gasteiger partial charge >= 0.3 is 0 Å². The van der Waals surface area contributed by atoms with Crippen LogP contribution in [-0.2, 0) is 4.79 Å². The first-order valence-corrected chi connectivity index (χ1v) is 8.12. The SMILES string of the molecule is CCC(=O)N1N=C(c2ccsc2)C[C@H]1c1ccsc1. The molecule has 0 fully saturated rings. The molecular formula is C14H14N2OS2. The lowest BCUT2D eigenvalue weighted by atomic mass is 10.0. The summed E-state index contributed by atoms with van der Waals surface area (Å²) in [6.07, 6.45) is 1.29. The molecule has 0 saturated carbocycles. The van der Waals surface area contributed by atoms with Crippen LogP contribution in [0, 0.1) is 0 Å². The lowest BCUT2D eigenvalue weighted by Crippen LogP contribution is -2.25. The van der Waals surface area contributed by atoms with E-state index < -0.39 is 0 Å². The molecule has 3 rings (SSSR count). The number of hydrogen-bond donors (Lipinski definition) is 0. The molecule has 0 bridgehead atoms. The highest BCUT2D eigenvalue weighted by Crippen LogP contribution is 2.34. The third kappa shape index (κ3) is 2.35. The summed E-state index contributed by atoms with van der Waals surface area (Å²) in [5, 5.41) is 14.5. The Morgan fingerprint density at radius 1 is 1.37 bits per heavy atom. The minimum Gasteiger partial charge on any atom is -0.273 e. The highest BCUT2D eigenvalue weighted by atomic mass is 32.1. The van der Waals surface area contributed by atoms with Crippen molar-refractivity contribution in [1.29, 1.82) is 0 Å². The summed E-state index contributed by atoms with van der Waals surface area (Å²) >= 11 is 3.32. The maximum absolute atomic E-state index is 12.1. The van der Waals surface area contributed by atoms with Crippen LogP contribution in [0.15, 0.2) is 38.8 Å². The molecule has 2 aromatic rings. The van der Waals surface area contributed by atoms with E-state index in [-0.39, 0.29) is 11.9 Å². The molecule has 98 valence electrons. The number of carbonyl (C=O) groups excluding carboxylic acids is 1. The Morgan fingerprint density at radius 3 is 2.79 bits per heavy atom. The van der Waals surface area contributed by atoms with E-state index in [4.69, 9.17) is 0 Å². The van der Waals surface area contributed by atoms with E-state index in [0.717, 1.165) is 17.7 Å². The van der Waals surface area contributed by atoms with Crippen molar-refractivity contribution in [2.24, 2.45) is 5.10 Å². The zero-order valence-electron chi connectivity index (χ0n) is 10.6. The maximum atomic E-state index is 12.1. The second kappa shape index (κ2) is 5.27. The van der Waals surface area contributed by atoms with Crippen molar-refractivity contribution in [3.05, 3.63) is 44.8 Å². The lowest BCUT2D eigenvalue weighted by molar-refractivity contribution is -0.132. The Morgan fingerprint density at radius 2 is 2.16 bits per heavy atom. The Kier molecular flexibility index (Phi) is 3.48. The number of carbonyl (C=O) groups is 1. The third-order valence-corrected chi connectivity index (χ3v) is 4.64. The minimum absolute atomic E-state index is 0.0635. The van der Waals surface area contributed by atoms with E-state index >= 15 is 0 Å². The molecule has 0 radical (unpaired) electrons. The average Bonchev–Trinajstić information content (AvgIpc) is 3.14. The maximum Gasteiger partial charge on any atom is 0.242 e. The molecule has 1 aliphatic heterocycles. The normalized spacial score (nSPS) is 18.7. The van der Waals surface area contributed by atoms with Gasteiger partial charge in [-0.3, -0.25) is 4.79 Å². The zero-order chi connectivity index (χ0) is 13.2. The molecule has 19 heavy (non-hydrogen) atoms. The van der Waals surface area contributed by atoms with E-state index in [9.17, 15) is 4.79 Å². The van der Waals surface area contributed by atoms with Crippen molar-refractivity contribution in [1.82, 2.24) is 5.01 Å². The van der Waals surface area contributed by atoms with Crippen molar-refractivity contribution in [2.75, 3.05) is 0 Å². The number of hydrazone groups is 1. The highest BCUT2D eigenvalue weighted by Gasteiger charge is 2.32. The Labute approximate surface area is 120 Å². The molecule has 5 heteroatoms. The van der Waals surface area contributed by atoms with Gasteiger partial charge in [-0.05, 0) is 39.2 Å². The Balaban J connectivity index is 1.93. The van der Waals surface area contributed by atoms with Crippen molar-refractivity contribution in [3.8, 4) is 0 Å². The van der Waals surface area contributed by atoms with Crippen LogP contribution in [-0.4, -0.2) is 16.6 Å². The first-order chi connectivity index (χ1) is 9.29. The van der Waals surface area contributed by atoms with Crippen LogP contribution < -0.4 is 0 Å². The van der Waals surface area contributed by atoms with Crippen molar-refractivity contribution in [2.45, 2.75) is 25.8 Å². The van der Waals surface area contributed by atoms with E-state index in [1.165, 1.54) is 5.56 Å². The number of amides is 1. The molecule has 0 aliphatic carbocycles. The number of thiophene rings is 2. The second-order valence-corrected chi connectivity index (χ2v) is 5.99. The molecule has 0 N–H and O–H groups in total. The summed E-state index contributed by atoms with van der Waals surface area (Å²) in [6.45, 7) is 1.88. The molecule has 3 nitrogen and oxygen atoms in total. The molecule has 1 amide bonds. The van der Waals surface area contributed by atoms with Crippen LogP contribution in [0.4, 0.5) is 0 Å². The second-order valence-electron chi connectivity index (χ2n) is 4.43. The number of nitrogens with zero attached hydrogens (tertiary/aromatic N) is 2. The van der Waals surface area contributed by atoms with E-state index in [0.29, 0.717) is 6.42 Å². The van der Waals surface area contributed by atoms with Gasteiger partial charge in [-0.15, -0.1) is 0 Å². The average molecular weight is 290 g/mol. The molecule has 1 aliphatic rings. The van der Waals surface area contributed by atoms with Crippen LogP contribution in [0.3, 0.4) is 0 Å². The third-order valence-electron chi connectivity index (χ3n) is 3.25. The van der Waals surface area contributed by atoms with Gasteiger partial charge in [0.2, 0.25) is 5.91 Å². The minimum atomic E-state index is 0.0635. The number of hydrogen-bond acceptors (Lipinski definition) is 4. The van der Waals surface area contributed by atoms with Crippen molar-refractivity contribution >= 4 is 34.3 Å². The quantitative estimate of drug-likeness (QED) is 0.844. The van der Waals surface area contributed by atoms with E-state index in [2.05, 4.69) is 28.0 Å². The highest BCUT2D eigenvalue weighted by molar-refractivity contribution is 7.08. The Bertz CT molecular complexity index is 587. The van der Waals surface area contributed by atoms with Gasteiger partial charge in [0, 0.05) is 18.4 Å². The van der Waals surface area contributed by atoms with Crippen molar-refractivity contribution in [3.63, 3.8) is 0 Å². The zero-order valence-corrected chi connectivity index (χ0v) is 12.2. The van der Waals surface area contributed by atoms with Gasteiger partial charge in [0.1, 0.15) is 0 Å². The van der Waals surface area contributed by atoms with E-state index in [1.807, 2.05) is 17.7 Å². The summed E-state index contributed by atoms with van der Waals surface area (Å²) in [4.78, 5) is 12.1. The predicted molar refractivity (Wildman–Crippen MR) is 79.7 cm³/mol. The smallest absolute Gasteiger partial charge is 0.242 e. The number of rotatable bonds is 3. The van der Waals surface area contributed by atoms with Gasteiger partial charge in [-0.2, -0.15) is 27.8 Å². The van der Waals surface area contributed by atoms with Crippen molar-refractivity contribution < 1.29 is 4.79 Å². The van der Waals surface area contributed by atoms with Gasteiger partial charge in [0.05, 0.1) is 11.8 Å². The Hall–Kier alpha value is -1.46. The predicted octanol–water partition coefficient (Wildman–Crippen LogP) is 3.90. The molecule has 0 saturated heterocycles. The van der Waals surface area contributed by atoms with Gasteiger partial charge in [0.25, 0.3) is 0 Å². The molecule has 0 aromatic carbocycles. The fourth-order valence-corrected chi connectivity index (χ4v) is 3.60. The fourth-order valence-electron chi connectivity index (χ4n) is 2.23. The molecule has 0 unspecified atom stereocenters. The lowest BCUT2D eigenvalue weighted by Gasteiger charge is -2.20. The molecular weight excluding hydrogens is 276 g/mol.